The van der Waals surface area contributed by atoms with E-state index in [9.17, 15) is 0 Å². The van der Waals surface area contributed by atoms with E-state index in [0.29, 0.717) is 17.8 Å². The van der Waals surface area contributed by atoms with Gasteiger partial charge >= 0.3 is 0 Å². The van der Waals surface area contributed by atoms with Crippen LogP contribution in [0.2, 0.25) is 5.02 Å². The summed E-state index contributed by atoms with van der Waals surface area (Å²) in [5.74, 6) is 1.97. The van der Waals surface area contributed by atoms with Crippen molar-refractivity contribution in [1.29, 1.82) is 0 Å². The first-order valence-electron chi connectivity index (χ1n) is 7.47. The third-order valence-corrected chi connectivity index (χ3v) is 4.45. The van der Waals surface area contributed by atoms with Gasteiger partial charge in [-0.3, -0.25) is 4.68 Å². The van der Waals surface area contributed by atoms with Crippen molar-refractivity contribution < 1.29 is 0 Å². The van der Waals surface area contributed by atoms with Gasteiger partial charge in [-0.1, -0.05) is 38.3 Å². The van der Waals surface area contributed by atoms with Gasteiger partial charge in [-0.25, -0.2) is 0 Å². The average molecular weight is 284 g/mol. The van der Waals surface area contributed by atoms with Crippen LogP contribution in [0.25, 0.3) is 0 Å². The zero-order valence-corrected chi connectivity index (χ0v) is 13.1. The zero-order chi connectivity index (χ0) is 13.8. The molecule has 1 aliphatic rings. The molecule has 1 N–H and O–H groups in total. The quantitative estimate of drug-likeness (QED) is 0.895. The van der Waals surface area contributed by atoms with Crippen molar-refractivity contribution in [3.8, 4) is 0 Å². The van der Waals surface area contributed by atoms with E-state index in [2.05, 4.69) is 24.3 Å². The Balaban J connectivity index is 2.04. The highest BCUT2D eigenvalue weighted by atomic mass is 35.5. The molecule has 2 unspecified atom stereocenters. The van der Waals surface area contributed by atoms with Crippen molar-refractivity contribution in [3.05, 3.63) is 16.9 Å². The summed E-state index contributed by atoms with van der Waals surface area (Å²) < 4.78 is 1.97. The maximum absolute atomic E-state index is 6.32. The Kier molecular flexibility index (Phi) is 5.28. The summed E-state index contributed by atoms with van der Waals surface area (Å²) in [4.78, 5) is 0. The number of nitrogens with one attached hydrogen (secondary N) is 1. The standard InChI is InChI=1S/C15H26ClN3/c1-11(2)8-17-9-12-6-4-5-7-13(12)15-14(16)10-18-19(15)3/h10-13,17H,4-9H2,1-3H3. The van der Waals surface area contributed by atoms with Crippen LogP contribution >= 0.6 is 11.6 Å². The lowest BCUT2D eigenvalue weighted by atomic mass is 9.77. The minimum absolute atomic E-state index is 0.563. The number of hydrogen-bond donors (Lipinski definition) is 1. The Bertz CT molecular complexity index is 381. The van der Waals surface area contributed by atoms with Crippen LogP contribution in [-0.4, -0.2) is 22.9 Å². The zero-order valence-electron chi connectivity index (χ0n) is 12.3. The first-order valence-corrected chi connectivity index (χ1v) is 7.85. The molecular formula is C15H26ClN3. The average Bonchev–Trinajstić information content (AvgIpc) is 2.69. The summed E-state index contributed by atoms with van der Waals surface area (Å²) in [6.45, 7) is 6.71. The van der Waals surface area contributed by atoms with Crippen LogP contribution in [-0.2, 0) is 7.05 Å². The van der Waals surface area contributed by atoms with E-state index in [0.717, 1.165) is 18.1 Å². The van der Waals surface area contributed by atoms with Crippen molar-refractivity contribution in [2.45, 2.75) is 45.4 Å². The molecule has 1 saturated carbocycles. The number of nitrogens with zero attached hydrogens (tertiary/aromatic N) is 2. The molecule has 2 rings (SSSR count). The normalized spacial score (nSPS) is 24.1. The van der Waals surface area contributed by atoms with Crippen LogP contribution in [0.5, 0.6) is 0 Å². The molecule has 1 aromatic heterocycles. The molecule has 3 nitrogen and oxygen atoms in total. The van der Waals surface area contributed by atoms with Crippen LogP contribution in [0.3, 0.4) is 0 Å². The predicted octanol–water partition coefficient (Wildman–Crippen LogP) is 3.59. The first-order chi connectivity index (χ1) is 9.09. The summed E-state index contributed by atoms with van der Waals surface area (Å²) in [7, 11) is 2.01. The van der Waals surface area contributed by atoms with Gasteiger partial charge in [-0.05, 0) is 37.8 Å². The van der Waals surface area contributed by atoms with Gasteiger partial charge in [0.25, 0.3) is 0 Å². The Morgan fingerprint density at radius 3 is 2.79 bits per heavy atom. The second kappa shape index (κ2) is 6.76. The Hall–Kier alpha value is -0.540. The summed E-state index contributed by atoms with van der Waals surface area (Å²) >= 11 is 6.32. The van der Waals surface area contributed by atoms with Crippen molar-refractivity contribution in [2.24, 2.45) is 18.9 Å². The lowest BCUT2D eigenvalue weighted by Crippen LogP contribution is -2.32. The number of hydrogen-bond acceptors (Lipinski definition) is 2. The van der Waals surface area contributed by atoms with E-state index >= 15 is 0 Å². The van der Waals surface area contributed by atoms with E-state index < -0.39 is 0 Å². The molecule has 1 heterocycles. The van der Waals surface area contributed by atoms with Crippen LogP contribution in [0.4, 0.5) is 0 Å². The van der Waals surface area contributed by atoms with Crippen molar-refractivity contribution >= 4 is 11.6 Å². The Morgan fingerprint density at radius 2 is 2.16 bits per heavy atom. The minimum Gasteiger partial charge on any atom is -0.316 e. The molecule has 0 spiro atoms. The molecule has 4 heteroatoms. The largest absolute Gasteiger partial charge is 0.316 e. The van der Waals surface area contributed by atoms with Crippen LogP contribution < -0.4 is 5.32 Å². The number of rotatable bonds is 5. The fraction of sp³-hybridized carbons (Fsp3) is 0.800. The van der Waals surface area contributed by atoms with E-state index in [1.54, 1.807) is 6.20 Å². The lowest BCUT2D eigenvalue weighted by Gasteiger charge is -2.32. The van der Waals surface area contributed by atoms with Gasteiger partial charge in [0.15, 0.2) is 0 Å². The smallest absolute Gasteiger partial charge is 0.0820 e. The predicted molar refractivity (Wildman–Crippen MR) is 80.6 cm³/mol. The van der Waals surface area contributed by atoms with E-state index in [1.807, 2.05) is 11.7 Å². The molecule has 1 fully saturated rings. The lowest BCUT2D eigenvalue weighted by molar-refractivity contribution is 0.282. The van der Waals surface area contributed by atoms with Crippen molar-refractivity contribution in [3.63, 3.8) is 0 Å². The van der Waals surface area contributed by atoms with Crippen LogP contribution in [0.15, 0.2) is 6.20 Å². The summed E-state index contributed by atoms with van der Waals surface area (Å²) in [5.41, 5.74) is 1.23. The molecule has 0 bridgehead atoms. The number of halogens is 1. The molecule has 0 aliphatic heterocycles. The molecule has 2 atom stereocenters. The molecule has 108 valence electrons. The molecule has 19 heavy (non-hydrogen) atoms. The van der Waals surface area contributed by atoms with E-state index in [1.165, 1.54) is 31.4 Å². The molecule has 0 aromatic carbocycles. The highest BCUT2D eigenvalue weighted by Crippen LogP contribution is 2.39. The molecule has 0 saturated heterocycles. The SMILES string of the molecule is CC(C)CNCC1CCCCC1c1c(Cl)cnn1C. The fourth-order valence-electron chi connectivity index (χ4n) is 3.21. The van der Waals surface area contributed by atoms with Crippen molar-refractivity contribution in [1.82, 2.24) is 15.1 Å². The Morgan fingerprint density at radius 1 is 1.42 bits per heavy atom. The maximum Gasteiger partial charge on any atom is 0.0820 e. The maximum atomic E-state index is 6.32. The summed E-state index contributed by atoms with van der Waals surface area (Å²) in [6.07, 6.45) is 6.99. The third kappa shape index (κ3) is 3.73. The minimum atomic E-state index is 0.563. The number of aromatic nitrogens is 2. The summed E-state index contributed by atoms with van der Waals surface area (Å²) in [6, 6.07) is 0. The summed E-state index contributed by atoms with van der Waals surface area (Å²) in [5, 5.41) is 8.75. The van der Waals surface area contributed by atoms with Crippen LogP contribution in [0.1, 0.15) is 51.1 Å². The first kappa shape index (κ1) is 14.9. The van der Waals surface area contributed by atoms with Gasteiger partial charge in [0.2, 0.25) is 0 Å². The van der Waals surface area contributed by atoms with Gasteiger partial charge in [-0.15, -0.1) is 0 Å². The van der Waals surface area contributed by atoms with Gasteiger partial charge < -0.3 is 5.32 Å². The second-order valence-corrected chi connectivity index (χ2v) is 6.61. The number of aryl methyl sites for hydroxylation is 1. The highest BCUT2D eigenvalue weighted by molar-refractivity contribution is 6.31. The van der Waals surface area contributed by atoms with Gasteiger partial charge in [0.1, 0.15) is 0 Å². The molecule has 0 amide bonds. The topological polar surface area (TPSA) is 29.9 Å². The second-order valence-electron chi connectivity index (χ2n) is 6.20. The van der Waals surface area contributed by atoms with Crippen molar-refractivity contribution in [2.75, 3.05) is 13.1 Å². The van der Waals surface area contributed by atoms with Gasteiger partial charge in [0, 0.05) is 13.0 Å². The Labute approximate surface area is 121 Å². The van der Waals surface area contributed by atoms with Crippen LogP contribution in [0, 0.1) is 11.8 Å². The van der Waals surface area contributed by atoms with Gasteiger partial charge in [-0.2, -0.15) is 5.10 Å². The molecular weight excluding hydrogens is 258 g/mol. The van der Waals surface area contributed by atoms with Gasteiger partial charge in [0.05, 0.1) is 16.9 Å². The molecule has 1 aliphatic carbocycles. The third-order valence-electron chi connectivity index (χ3n) is 4.16. The van der Waals surface area contributed by atoms with E-state index in [-0.39, 0.29) is 0 Å². The molecule has 1 aromatic rings. The molecule has 0 radical (unpaired) electrons. The highest BCUT2D eigenvalue weighted by Gasteiger charge is 2.30. The monoisotopic (exact) mass is 283 g/mol. The van der Waals surface area contributed by atoms with E-state index in [4.69, 9.17) is 11.6 Å². The fourth-order valence-corrected chi connectivity index (χ4v) is 3.51.